The van der Waals surface area contributed by atoms with E-state index in [4.69, 9.17) is 21.1 Å². The third-order valence-electron chi connectivity index (χ3n) is 2.46. The van der Waals surface area contributed by atoms with E-state index in [1.165, 1.54) is 0 Å². The molecule has 0 saturated carbocycles. The van der Waals surface area contributed by atoms with Crippen LogP contribution in [0.1, 0.15) is 6.92 Å². The minimum Gasteiger partial charge on any atom is -0.481 e. The zero-order chi connectivity index (χ0) is 11.2. The summed E-state index contributed by atoms with van der Waals surface area (Å²) in [7, 11) is 0. The maximum atomic E-state index is 5.80. The van der Waals surface area contributed by atoms with E-state index in [1.54, 1.807) is 10.7 Å². The van der Waals surface area contributed by atoms with E-state index in [9.17, 15) is 0 Å². The van der Waals surface area contributed by atoms with Crippen LogP contribution in [0.4, 0.5) is 0 Å². The molecule has 6 heteroatoms. The van der Waals surface area contributed by atoms with Gasteiger partial charge < -0.3 is 9.47 Å². The van der Waals surface area contributed by atoms with Gasteiger partial charge in [-0.25, -0.2) is 4.52 Å². The van der Waals surface area contributed by atoms with Crippen molar-refractivity contribution in [2.45, 2.75) is 12.5 Å². The first-order chi connectivity index (χ1) is 7.65. The summed E-state index contributed by atoms with van der Waals surface area (Å²) >= 11 is 5.70. The maximum absolute atomic E-state index is 5.80. The van der Waals surface area contributed by atoms with Crippen molar-refractivity contribution in [1.82, 2.24) is 14.6 Å². The molecule has 0 atom stereocenters. The van der Waals surface area contributed by atoms with Crippen molar-refractivity contribution >= 4 is 17.2 Å². The second kappa shape index (κ2) is 3.33. The lowest BCUT2D eigenvalue weighted by molar-refractivity contribution is -0.150. The Morgan fingerprint density at radius 3 is 3.00 bits per heavy atom. The topological polar surface area (TPSA) is 48.7 Å². The van der Waals surface area contributed by atoms with Crippen LogP contribution in [-0.2, 0) is 4.74 Å². The Morgan fingerprint density at radius 2 is 2.31 bits per heavy atom. The molecule has 16 heavy (non-hydrogen) atoms. The Hall–Kier alpha value is -1.33. The molecule has 5 nitrogen and oxygen atoms in total. The highest BCUT2D eigenvalue weighted by atomic mass is 35.5. The van der Waals surface area contributed by atoms with Crippen molar-refractivity contribution in [2.75, 3.05) is 13.2 Å². The molecule has 3 heterocycles. The molecule has 2 aromatic heterocycles. The lowest BCUT2D eigenvalue weighted by Gasteiger charge is -2.37. The van der Waals surface area contributed by atoms with Crippen molar-refractivity contribution in [2.24, 2.45) is 0 Å². The highest BCUT2D eigenvalue weighted by molar-refractivity contribution is 6.28. The van der Waals surface area contributed by atoms with Crippen LogP contribution in [0.25, 0.3) is 5.65 Å². The molecule has 0 spiro atoms. The standard InChI is InChI=1S/C10H10ClN3O2/c1-10(5-15-6-10)16-7-2-3-8-12-9(11)13-14(8)4-7/h2-4H,5-6H2,1H3. The predicted molar refractivity (Wildman–Crippen MR) is 57.8 cm³/mol. The zero-order valence-corrected chi connectivity index (χ0v) is 9.44. The van der Waals surface area contributed by atoms with Gasteiger partial charge in [-0.3, -0.25) is 0 Å². The molecule has 0 unspecified atom stereocenters. The molecule has 1 aliphatic rings. The van der Waals surface area contributed by atoms with E-state index in [1.807, 2.05) is 19.1 Å². The summed E-state index contributed by atoms with van der Waals surface area (Å²) in [6.45, 7) is 3.24. The first-order valence-corrected chi connectivity index (χ1v) is 5.31. The van der Waals surface area contributed by atoms with Gasteiger partial charge in [-0.15, -0.1) is 5.10 Å². The third kappa shape index (κ3) is 1.62. The van der Waals surface area contributed by atoms with Crippen LogP contribution in [0.2, 0.25) is 5.28 Å². The van der Waals surface area contributed by atoms with E-state index in [0.717, 1.165) is 5.75 Å². The monoisotopic (exact) mass is 239 g/mol. The van der Waals surface area contributed by atoms with Crippen LogP contribution in [0.15, 0.2) is 18.3 Å². The smallest absolute Gasteiger partial charge is 0.243 e. The Balaban J connectivity index is 1.92. The molecule has 1 aliphatic heterocycles. The second-order valence-corrected chi connectivity index (χ2v) is 4.43. The molecular formula is C10H10ClN3O2. The lowest BCUT2D eigenvalue weighted by atomic mass is 10.1. The molecule has 84 valence electrons. The van der Waals surface area contributed by atoms with Gasteiger partial charge in [-0.1, -0.05) is 0 Å². The first-order valence-electron chi connectivity index (χ1n) is 4.93. The van der Waals surface area contributed by atoms with Gasteiger partial charge in [0.05, 0.1) is 19.4 Å². The quantitative estimate of drug-likeness (QED) is 0.798. The Kier molecular flexibility index (Phi) is 2.05. The molecule has 0 aromatic carbocycles. The molecular weight excluding hydrogens is 230 g/mol. The van der Waals surface area contributed by atoms with E-state index in [0.29, 0.717) is 18.9 Å². The maximum Gasteiger partial charge on any atom is 0.243 e. The van der Waals surface area contributed by atoms with Gasteiger partial charge in [0.1, 0.15) is 5.75 Å². The van der Waals surface area contributed by atoms with Crippen molar-refractivity contribution in [1.29, 1.82) is 0 Å². The van der Waals surface area contributed by atoms with Gasteiger partial charge in [0.15, 0.2) is 11.2 Å². The SMILES string of the molecule is CC1(Oc2ccc3nc(Cl)nn3c2)COC1. The van der Waals surface area contributed by atoms with Crippen LogP contribution in [0.3, 0.4) is 0 Å². The molecule has 1 saturated heterocycles. The molecule has 1 fully saturated rings. The largest absolute Gasteiger partial charge is 0.481 e. The fraction of sp³-hybridized carbons (Fsp3) is 0.400. The Morgan fingerprint density at radius 1 is 1.50 bits per heavy atom. The van der Waals surface area contributed by atoms with Gasteiger partial charge in [-0.2, -0.15) is 4.98 Å². The number of nitrogens with zero attached hydrogens (tertiary/aromatic N) is 3. The van der Waals surface area contributed by atoms with Crippen LogP contribution in [0, 0.1) is 0 Å². The van der Waals surface area contributed by atoms with Gasteiger partial charge in [0.25, 0.3) is 0 Å². The van der Waals surface area contributed by atoms with Crippen LogP contribution >= 0.6 is 11.6 Å². The number of ether oxygens (including phenoxy) is 2. The van der Waals surface area contributed by atoms with Crippen molar-refractivity contribution in [3.05, 3.63) is 23.6 Å². The number of fused-ring (bicyclic) bond motifs is 1. The van der Waals surface area contributed by atoms with Gasteiger partial charge >= 0.3 is 0 Å². The molecule has 3 rings (SSSR count). The van der Waals surface area contributed by atoms with Crippen molar-refractivity contribution in [3.8, 4) is 5.75 Å². The average molecular weight is 240 g/mol. The minimum absolute atomic E-state index is 0.224. The molecule has 0 N–H and O–H groups in total. The van der Waals surface area contributed by atoms with E-state index >= 15 is 0 Å². The number of aromatic nitrogens is 3. The van der Waals surface area contributed by atoms with Crippen molar-refractivity contribution in [3.63, 3.8) is 0 Å². The zero-order valence-electron chi connectivity index (χ0n) is 8.68. The van der Waals surface area contributed by atoms with Gasteiger partial charge in [0.2, 0.25) is 5.28 Å². The molecule has 0 bridgehead atoms. The Labute approximate surface area is 96.9 Å². The summed E-state index contributed by atoms with van der Waals surface area (Å²) < 4.78 is 12.5. The normalized spacial score (nSPS) is 18.4. The number of hydrogen-bond acceptors (Lipinski definition) is 4. The molecule has 0 aliphatic carbocycles. The van der Waals surface area contributed by atoms with Gasteiger partial charge in [0, 0.05) is 0 Å². The summed E-state index contributed by atoms with van der Waals surface area (Å²) in [4.78, 5) is 4.02. The summed E-state index contributed by atoms with van der Waals surface area (Å²) in [5.41, 5.74) is 0.477. The number of rotatable bonds is 2. The van der Waals surface area contributed by atoms with Crippen molar-refractivity contribution < 1.29 is 9.47 Å². The molecule has 2 aromatic rings. The summed E-state index contributed by atoms with van der Waals surface area (Å²) in [5.74, 6) is 0.736. The number of hydrogen-bond donors (Lipinski definition) is 0. The third-order valence-corrected chi connectivity index (χ3v) is 2.62. The van der Waals surface area contributed by atoms with Gasteiger partial charge in [-0.05, 0) is 30.7 Å². The van der Waals surface area contributed by atoms with E-state index in [2.05, 4.69) is 10.1 Å². The number of halogens is 1. The fourth-order valence-electron chi connectivity index (χ4n) is 1.63. The lowest BCUT2D eigenvalue weighted by Crippen LogP contribution is -2.51. The van der Waals surface area contributed by atoms with Crippen LogP contribution < -0.4 is 4.74 Å². The highest BCUT2D eigenvalue weighted by Crippen LogP contribution is 2.25. The first kappa shape index (κ1) is 9.86. The number of pyridine rings is 1. The van der Waals surface area contributed by atoms with Crippen LogP contribution in [0.5, 0.6) is 5.75 Å². The average Bonchev–Trinajstić information content (AvgIpc) is 2.55. The summed E-state index contributed by atoms with van der Waals surface area (Å²) in [6.07, 6.45) is 1.76. The fourth-order valence-corrected chi connectivity index (χ4v) is 1.80. The Bertz CT molecular complexity index is 536. The predicted octanol–water partition coefficient (Wildman–Crippen LogP) is 1.55. The van der Waals surface area contributed by atoms with Crippen LogP contribution in [-0.4, -0.2) is 33.4 Å². The minimum atomic E-state index is -0.224. The summed E-state index contributed by atoms with van der Waals surface area (Å²) in [5, 5.41) is 4.24. The second-order valence-electron chi connectivity index (χ2n) is 4.09. The van der Waals surface area contributed by atoms with E-state index in [-0.39, 0.29) is 10.9 Å². The van der Waals surface area contributed by atoms with E-state index < -0.39 is 0 Å². The summed E-state index contributed by atoms with van der Waals surface area (Å²) in [6, 6.07) is 3.67. The molecule has 0 radical (unpaired) electrons. The molecule has 0 amide bonds. The highest BCUT2D eigenvalue weighted by Gasteiger charge is 2.35.